The Morgan fingerprint density at radius 2 is 1.57 bits per heavy atom. The van der Waals surface area contributed by atoms with E-state index < -0.39 is 71.4 Å². The number of nitrogens with one attached hydrogen (secondary N) is 1. The van der Waals surface area contributed by atoms with Crippen LogP contribution in [0.15, 0.2) is 41.3 Å². The molecule has 0 saturated heterocycles. The molecule has 3 atom stereocenters. The highest BCUT2D eigenvalue weighted by Gasteiger charge is 2.59. The molecule has 1 aliphatic carbocycles. The van der Waals surface area contributed by atoms with E-state index in [9.17, 15) is 34.4 Å². The summed E-state index contributed by atoms with van der Waals surface area (Å²) in [7, 11) is -10.2. The molecule has 35 heavy (non-hydrogen) atoms. The van der Waals surface area contributed by atoms with Crippen molar-refractivity contribution in [1.82, 2.24) is 4.72 Å². The molecule has 6 nitrogen and oxygen atoms in total. The van der Waals surface area contributed by atoms with Gasteiger partial charge in [-0.1, -0.05) is 11.6 Å². The first-order valence-electron chi connectivity index (χ1n) is 10.4. The zero-order valence-corrected chi connectivity index (χ0v) is 20.2. The summed E-state index contributed by atoms with van der Waals surface area (Å²) in [6.07, 6.45) is -1.17. The molecule has 2 aromatic carbocycles. The van der Waals surface area contributed by atoms with Gasteiger partial charge in [-0.2, -0.15) is 13.2 Å². The Kier molecular flexibility index (Phi) is 6.61. The standard InChI is InChI=1S/C21H19ClF5NO5S2/c22-13-2-5-15(6-3-13)34(29,30)20-10-9-14(28-35(31,32)21(25,26)27)4-1-12(20)11-33-19-17(24)8-7-16(23)18(19)20/h2-3,5-8,12,14,28H,1,4,9-11H2/t12?,14-,20+/m0/s1. The predicted molar refractivity (Wildman–Crippen MR) is 116 cm³/mol. The van der Waals surface area contributed by atoms with Crippen LogP contribution in [-0.2, 0) is 24.6 Å². The number of alkyl halides is 3. The molecule has 0 radical (unpaired) electrons. The summed E-state index contributed by atoms with van der Waals surface area (Å²) in [5.41, 5.74) is -6.12. The maximum absolute atomic E-state index is 15.2. The van der Waals surface area contributed by atoms with Gasteiger partial charge in [0.15, 0.2) is 21.4 Å². The van der Waals surface area contributed by atoms with E-state index in [1.165, 1.54) is 24.3 Å². The van der Waals surface area contributed by atoms with Crippen LogP contribution in [0, 0.1) is 17.6 Å². The van der Waals surface area contributed by atoms with Gasteiger partial charge in [-0.15, -0.1) is 0 Å². The Morgan fingerprint density at radius 1 is 0.943 bits per heavy atom. The number of fused-ring (bicyclic) bond motifs is 3. The minimum Gasteiger partial charge on any atom is -0.490 e. The lowest BCUT2D eigenvalue weighted by Gasteiger charge is -2.43. The van der Waals surface area contributed by atoms with Crippen molar-refractivity contribution in [2.24, 2.45) is 5.92 Å². The van der Waals surface area contributed by atoms with Crippen LogP contribution in [0.3, 0.4) is 0 Å². The second kappa shape index (κ2) is 8.86. The Morgan fingerprint density at radius 3 is 2.20 bits per heavy atom. The molecule has 14 heteroatoms. The largest absolute Gasteiger partial charge is 0.511 e. The molecular weight excluding hydrogens is 541 g/mol. The summed E-state index contributed by atoms with van der Waals surface area (Å²) in [6.45, 7) is -0.362. The van der Waals surface area contributed by atoms with Crippen molar-refractivity contribution >= 4 is 31.5 Å². The van der Waals surface area contributed by atoms with E-state index in [1.54, 1.807) is 4.72 Å². The number of hydrogen-bond donors (Lipinski definition) is 1. The fraction of sp³-hybridized carbons (Fsp3) is 0.429. The summed E-state index contributed by atoms with van der Waals surface area (Å²) in [5, 5.41) is 0.227. The van der Waals surface area contributed by atoms with Crippen LogP contribution in [0.4, 0.5) is 22.0 Å². The highest BCUT2D eigenvalue weighted by atomic mass is 35.5. The molecule has 4 rings (SSSR count). The summed E-state index contributed by atoms with van der Waals surface area (Å²) < 4.78 is 125. The fourth-order valence-corrected chi connectivity index (χ4v) is 8.21. The smallest absolute Gasteiger partial charge is 0.490 e. The molecule has 1 N–H and O–H groups in total. The number of sulfone groups is 1. The minimum atomic E-state index is -5.71. The van der Waals surface area contributed by atoms with Gasteiger partial charge < -0.3 is 4.74 Å². The Balaban J connectivity index is 1.88. The van der Waals surface area contributed by atoms with Crippen molar-refractivity contribution in [3.63, 3.8) is 0 Å². The Bertz CT molecular complexity index is 1350. The highest BCUT2D eigenvalue weighted by Crippen LogP contribution is 2.55. The number of halogens is 6. The Hall–Kier alpha value is -1.96. The first-order valence-corrected chi connectivity index (χ1v) is 13.8. The van der Waals surface area contributed by atoms with Gasteiger partial charge >= 0.3 is 15.5 Å². The van der Waals surface area contributed by atoms with Crippen molar-refractivity contribution in [2.75, 3.05) is 6.61 Å². The summed E-state index contributed by atoms with van der Waals surface area (Å²) >= 11 is 5.87. The zero-order valence-electron chi connectivity index (χ0n) is 17.8. The lowest BCUT2D eigenvalue weighted by atomic mass is 9.79. The molecule has 1 fully saturated rings. The van der Waals surface area contributed by atoms with Gasteiger partial charge in [-0.25, -0.2) is 30.3 Å². The number of hydrogen-bond acceptors (Lipinski definition) is 5. The highest BCUT2D eigenvalue weighted by molar-refractivity contribution is 7.92. The summed E-state index contributed by atoms with van der Waals surface area (Å²) in [6, 6.07) is 5.26. The minimum absolute atomic E-state index is 0.132. The Labute approximate surface area is 203 Å². The molecule has 2 aliphatic rings. The monoisotopic (exact) mass is 559 g/mol. The maximum Gasteiger partial charge on any atom is 0.511 e. The van der Waals surface area contributed by atoms with E-state index in [4.69, 9.17) is 16.3 Å². The molecule has 2 aromatic rings. The third-order valence-electron chi connectivity index (χ3n) is 6.53. The average molecular weight is 560 g/mol. The molecule has 1 heterocycles. The molecule has 0 amide bonds. The zero-order chi connectivity index (χ0) is 25.8. The molecule has 0 aromatic heterocycles. The number of rotatable bonds is 4. The van der Waals surface area contributed by atoms with Gasteiger partial charge in [0.25, 0.3) is 0 Å². The second-order valence-corrected chi connectivity index (χ2v) is 12.8. The van der Waals surface area contributed by atoms with Crippen molar-refractivity contribution in [3.05, 3.63) is 58.6 Å². The third-order valence-corrected chi connectivity index (χ3v) is 10.6. The molecule has 0 spiro atoms. The second-order valence-electron chi connectivity index (χ2n) is 8.47. The van der Waals surface area contributed by atoms with E-state index in [0.29, 0.717) is 0 Å². The molecule has 1 unspecified atom stereocenters. The summed E-state index contributed by atoms with van der Waals surface area (Å²) in [5.74, 6) is -3.65. The van der Waals surface area contributed by atoms with Gasteiger partial charge in [-0.05, 0) is 62.1 Å². The van der Waals surface area contributed by atoms with Crippen LogP contribution in [0.1, 0.15) is 31.2 Å². The number of ether oxygens (including phenoxy) is 1. The van der Waals surface area contributed by atoms with E-state index in [0.717, 1.165) is 12.1 Å². The van der Waals surface area contributed by atoms with Gasteiger partial charge in [0.2, 0.25) is 0 Å². The van der Waals surface area contributed by atoms with E-state index >= 15 is 4.39 Å². The van der Waals surface area contributed by atoms with E-state index in [1.807, 2.05) is 0 Å². The first-order chi connectivity index (χ1) is 16.2. The van der Waals surface area contributed by atoms with Gasteiger partial charge in [0.05, 0.1) is 17.1 Å². The van der Waals surface area contributed by atoms with Crippen LogP contribution in [0.25, 0.3) is 0 Å². The third kappa shape index (κ3) is 4.30. The lowest BCUT2D eigenvalue weighted by Crippen LogP contribution is -2.48. The van der Waals surface area contributed by atoms with Crippen molar-refractivity contribution in [2.45, 2.75) is 46.9 Å². The fourth-order valence-electron chi connectivity index (χ4n) is 4.89. The number of sulfonamides is 1. The first kappa shape index (κ1) is 26.1. The lowest BCUT2D eigenvalue weighted by molar-refractivity contribution is -0.0451. The van der Waals surface area contributed by atoms with E-state index in [-0.39, 0.29) is 35.8 Å². The van der Waals surface area contributed by atoms with Crippen molar-refractivity contribution in [3.8, 4) is 5.75 Å². The molecule has 192 valence electrons. The van der Waals surface area contributed by atoms with Crippen LogP contribution in [-0.4, -0.2) is 35.0 Å². The molecule has 0 bridgehead atoms. The van der Waals surface area contributed by atoms with Crippen LogP contribution >= 0.6 is 11.6 Å². The normalized spacial score (nSPS) is 25.2. The van der Waals surface area contributed by atoms with Crippen LogP contribution in [0.2, 0.25) is 5.02 Å². The molecule has 1 saturated carbocycles. The quantitative estimate of drug-likeness (QED) is 0.550. The number of benzene rings is 2. The average Bonchev–Trinajstić information content (AvgIpc) is 2.96. The molecular formula is C21H19ClF5NO5S2. The van der Waals surface area contributed by atoms with Gasteiger partial charge in [-0.3, -0.25) is 0 Å². The van der Waals surface area contributed by atoms with Crippen LogP contribution < -0.4 is 9.46 Å². The maximum atomic E-state index is 15.2. The SMILES string of the molecule is O=S(=O)(N[C@H]1CCC2COc3c(F)ccc(F)c3[C@@]2(S(=O)(=O)c2ccc(Cl)cc2)CC1)C(F)(F)F. The van der Waals surface area contributed by atoms with Gasteiger partial charge in [0, 0.05) is 17.0 Å². The molecule has 1 aliphatic heterocycles. The summed E-state index contributed by atoms with van der Waals surface area (Å²) in [4.78, 5) is -0.252. The van der Waals surface area contributed by atoms with Crippen molar-refractivity contribution < 1.29 is 43.5 Å². The predicted octanol–water partition coefficient (Wildman–Crippen LogP) is 4.68. The van der Waals surface area contributed by atoms with E-state index in [2.05, 4.69) is 0 Å². The topological polar surface area (TPSA) is 89.5 Å². The van der Waals surface area contributed by atoms with Crippen LogP contribution in [0.5, 0.6) is 5.75 Å². The van der Waals surface area contributed by atoms with Crippen molar-refractivity contribution in [1.29, 1.82) is 0 Å². The van der Waals surface area contributed by atoms with Gasteiger partial charge in [0.1, 0.15) is 10.6 Å².